The van der Waals surface area contributed by atoms with Crippen molar-refractivity contribution < 1.29 is 19.5 Å². The molecule has 2 N–H and O–H groups in total. The number of carboxylic acid groups (broad SMARTS) is 1. The van der Waals surface area contributed by atoms with Gasteiger partial charge in [0.15, 0.2) is 0 Å². The molecule has 127 valence electrons. The number of hydrogen-bond donors (Lipinski definition) is 2. The van der Waals surface area contributed by atoms with Crippen LogP contribution in [-0.4, -0.2) is 79.6 Å². The number of nitrogens with one attached hydrogen (secondary N) is 1. The average molecular weight is 369 g/mol. The minimum Gasteiger partial charge on any atom is -0.480 e. The Balaban J connectivity index is 0.00000225. The molecule has 2 aliphatic heterocycles. The minimum absolute atomic E-state index is 0. The molecule has 2 aliphatic rings. The molecule has 2 heterocycles. The van der Waals surface area contributed by atoms with Crippen LogP contribution < -0.4 is 5.32 Å². The molecule has 3 rings (SSSR count). The third-order valence-electron chi connectivity index (χ3n) is 4.20. The van der Waals surface area contributed by atoms with Gasteiger partial charge in [0.1, 0.15) is 17.5 Å². The van der Waals surface area contributed by atoms with Crippen LogP contribution in [0.1, 0.15) is 19.4 Å². The van der Waals surface area contributed by atoms with Crippen LogP contribution in [0.5, 0.6) is 0 Å². The number of aliphatic carboxylic acids is 1. The van der Waals surface area contributed by atoms with Crippen molar-refractivity contribution >= 4 is 65.2 Å². The van der Waals surface area contributed by atoms with Gasteiger partial charge in [-0.3, -0.25) is 9.59 Å². The van der Waals surface area contributed by atoms with Crippen molar-refractivity contribution in [2.75, 3.05) is 0 Å². The molecule has 1 aromatic rings. The van der Waals surface area contributed by atoms with E-state index in [4.69, 9.17) is 0 Å². The van der Waals surface area contributed by atoms with E-state index in [1.807, 2.05) is 30.3 Å². The van der Waals surface area contributed by atoms with Crippen LogP contribution in [0.2, 0.25) is 0 Å². The molecule has 0 aromatic heterocycles. The van der Waals surface area contributed by atoms with E-state index in [2.05, 4.69) is 5.32 Å². The van der Waals surface area contributed by atoms with Crippen molar-refractivity contribution in [3.8, 4) is 0 Å². The zero-order valence-corrected chi connectivity index (χ0v) is 17.1. The zero-order chi connectivity index (χ0) is 17.5. The Bertz CT molecular complexity index is 723. The van der Waals surface area contributed by atoms with Crippen molar-refractivity contribution in [1.82, 2.24) is 10.2 Å². The SMILES string of the molecule is CC1(C)S[C@@H]2[C@H](NC(=O)C=Cc3ccccc3)C(=O)N2[C@H]1C(=O)O.[Na]. The van der Waals surface area contributed by atoms with E-state index in [1.165, 1.54) is 22.7 Å². The van der Waals surface area contributed by atoms with Gasteiger partial charge in [0.05, 0.1) is 0 Å². The van der Waals surface area contributed by atoms with E-state index in [0.717, 1.165) is 5.56 Å². The molecule has 1 aromatic carbocycles. The number of carboxylic acids is 1. The number of nitrogens with zero attached hydrogens (tertiary/aromatic N) is 1. The van der Waals surface area contributed by atoms with Gasteiger partial charge in [-0.05, 0) is 25.5 Å². The fourth-order valence-corrected chi connectivity index (χ4v) is 4.71. The largest absolute Gasteiger partial charge is 0.480 e. The second-order valence-electron chi connectivity index (χ2n) is 6.33. The summed E-state index contributed by atoms with van der Waals surface area (Å²) in [6, 6.07) is 7.82. The maximum atomic E-state index is 12.3. The molecule has 1 radical (unpaired) electrons. The van der Waals surface area contributed by atoms with Crippen LogP contribution in [0, 0.1) is 0 Å². The standard InChI is InChI=1S/C17H18N2O4S.Na/c1-17(2)13(16(22)23)19-14(21)12(15(19)24-17)18-11(20)9-8-10-6-4-3-5-7-10;/h3-9,12-13,15H,1-2H3,(H,18,20)(H,22,23);/t12-,13+,15-;/m1./s1. The van der Waals surface area contributed by atoms with Gasteiger partial charge in [-0.1, -0.05) is 30.3 Å². The number of fused-ring (bicyclic) bond motifs is 1. The van der Waals surface area contributed by atoms with E-state index >= 15 is 0 Å². The van der Waals surface area contributed by atoms with E-state index < -0.39 is 22.8 Å². The van der Waals surface area contributed by atoms with Crippen molar-refractivity contribution in [3.63, 3.8) is 0 Å². The molecule has 0 spiro atoms. The summed E-state index contributed by atoms with van der Waals surface area (Å²) in [6.07, 6.45) is 3.05. The number of carbonyl (C=O) groups excluding carboxylic acids is 2. The summed E-state index contributed by atoms with van der Waals surface area (Å²) in [4.78, 5) is 37.1. The van der Waals surface area contributed by atoms with Crippen LogP contribution >= 0.6 is 11.8 Å². The van der Waals surface area contributed by atoms with Crippen LogP contribution in [0.25, 0.3) is 6.08 Å². The fourth-order valence-electron chi connectivity index (χ4n) is 3.08. The summed E-state index contributed by atoms with van der Waals surface area (Å²) in [5, 5.41) is 11.7. The topological polar surface area (TPSA) is 86.7 Å². The van der Waals surface area contributed by atoms with E-state index in [1.54, 1.807) is 19.9 Å². The first-order chi connectivity index (χ1) is 11.3. The monoisotopic (exact) mass is 369 g/mol. The number of β-lactam (4-membered cyclic amide) rings is 1. The first-order valence-electron chi connectivity index (χ1n) is 7.58. The molecule has 25 heavy (non-hydrogen) atoms. The first-order valence-corrected chi connectivity index (χ1v) is 8.45. The second kappa shape index (κ2) is 7.53. The summed E-state index contributed by atoms with van der Waals surface area (Å²) in [6.45, 7) is 3.60. The van der Waals surface area contributed by atoms with Crippen molar-refractivity contribution in [1.29, 1.82) is 0 Å². The van der Waals surface area contributed by atoms with Gasteiger partial charge in [0, 0.05) is 40.4 Å². The summed E-state index contributed by atoms with van der Waals surface area (Å²) in [5.74, 6) is -1.72. The van der Waals surface area contributed by atoms with E-state index in [-0.39, 0.29) is 46.7 Å². The van der Waals surface area contributed by atoms with Crippen LogP contribution in [0.3, 0.4) is 0 Å². The van der Waals surface area contributed by atoms with E-state index in [9.17, 15) is 19.5 Å². The Morgan fingerprint density at radius 3 is 2.52 bits per heavy atom. The van der Waals surface area contributed by atoms with E-state index in [0.29, 0.717) is 0 Å². The molecule has 8 heteroatoms. The Kier molecular flexibility index (Phi) is 6.04. The molecule has 0 unspecified atom stereocenters. The van der Waals surface area contributed by atoms with Gasteiger partial charge in [0.2, 0.25) is 11.8 Å². The zero-order valence-electron chi connectivity index (χ0n) is 14.3. The molecule has 6 nitrogen and oxygen atoms in total. The smallest absolute Gasteiger partial charge is 0.327 e. The van der Waals surface area contributed by atoms with Gasteiger partial charge in [-0.2, -0.15) is 0 Å². The normalized spacial score (nSPS) is 26.6. The number of carbonyl (C=O) groups is 3. The van der Waals surface area contributed by atoms with Gasteiger partial charge >= 0.3 is 5.97 Å². The number of amides is 2. The molecule has 0 saturated carbocycles. The average Bonchev–Trinajstić information content (AvgIpc) is 2.80. The predicted molar refractivity (Wildman–Crippen MR) is 96.9 cm³/mol. The third-order valence-corrected chi connectivity index (χ3v) is 5.77. The van der Waals surface area contributed by atoms with Crippen LogP contribution in [0.4, 0.5) is 0 Å². The quantitative estimate of drug-likeness (QED) is 0.469. The number of thioether (sulfide) groups is 1. The van der Waals surface area contributed by atoms with Crippen molar-refractivity contribution in [2.24, 2.45) is 0 Å². The van der Waals surface area contributed by atoms with Crippen LogP contribution in [0.15, 0.2) is 36.4 Å². The van der Waals surface area contributed by atoms with Crippen molar-refractivity contribution in [3.05, 3.63) is 42.0 Å². The summed E-state index contributed by atoms with van der Waals surface area (Å²) in [7, 11) is 0. The third kappa shape index (κ3) is 3.79. The Labute approximate surface area is 172 Å². The fraction of sp³-hybridized carbons (Fsp3) is 0.353. The molecule has 0 aliphatic carbocycles. The molecule has 2 saturated heterocycles. The number of rotatable bonds is 4. The molecule has 0 bridgehead atoms. The number of hydrogen-bond acceptors (Lipinski definition) is 4. The Morgan fingerprint density at radius 2 is 1.92 bits per heavy atom. The Hall–Kier alpha value is -1.28. The molecule has 3 atom stereocenters. The number of benzene rings is 1. The summed E-state index contributed by atoms with van der Waals surface area (Å²) < 4.78 is -0.592. The van der Waals surface area contributed by atoms with Gasteiger partial charge in [-0.25, -0.2) is 4.79 Å². The van der Waals surface area contributed by atoms with Crippen molar-refractivity contribution in [2.45, 2.75) is 36.1 Å². The van der Waals surface area contributed by atoms with Crippen LogP contribution in [-0.2, 0) is 14.4 Å². The van der Waals surface area contributed by atoms with Gasteiger partial charge < -0.3 is 15.3 Å². The maximum absolute atomic E-state index is 12.3. The minimum atomic E-state index is -1.02. The predicted octanol–water partition coefficient (Wildman–Crippen LogP) is 0.951. The Morgan fingerprint density at radius 1 is 1.28 bits per heavy atom. The van der Waals surface area contributed by atoms with Gasteiger partial charge in [-0.15, -0.1) is 11.8 Å². The molecular weight excluding hydrogens is 351 g/mol. The summed E-state index contributed by atoms with van der Waals surface area (Å²) in [5.41, 5.74) is 0.886. The molecule has 2 amide bonds. The summed E-state index contributed by atoms with van der Waals surface area (Å²) >= 11 is 1.41. The maximum Gasteiger partial charge on any atom is 0.327 e. The molecule has 2 fully saturated rings. The first kappa shape index (κ1) is 20.0. The second-order valence-corrected chi connectivity index (χ2v) is 8.10. The van der Waals surface area contributed by atoms with Gasteiger partial charge in [0.25, 0.3) is 0 Å². The molecular formula is C17H18N2NaO4S.